The first-order chi connectivity index (χ1) is 19.8. The Kier molecular flexibility index (Phi) is 6.01. The molecular weight excluding hydrogens is 576 g/mol. The Morgan fingerprint density at radius 3 is 1.46 bits per heavy atom. The third-order valence-corrected chi connectivity index (χ3v) is 10.8. The van der Waals surface area contributed by atoms with E-state index in [1.165, 1.54) is 46.2 Å². The van der Waals surface area contributed by atoms with E-state index in [0.29, 0.717) is 32.0 Å². The summed E-state index contributed by atoms with van der Waals surface area (Å²) >= 11 is 4.09. The molecule has 0 aliphatic heterocycles. The molecule has 2 aliphatic carbocycles. The third kappa shape index (κ3) is 4.14. The first-order valence-electron chi connectivity index (χ1n) is 12.6. The Labute approximate surface area is 245 Å². The molecule has 7 rings (SSSR count). The molecule has 41 heavy (non-hydrogen) atoms. The van der Waals surface area contributed by atoms with Crippen LogP contribution in [0, 0.1) is 12.7 Å². The van der Waals surface area contributed by atoms with E-state index in [1.54, 1.807) is 54.6 Å². The zero-order valence-corrected chi connectivity index (χ0v) is 23.8. The van der Waals surface area contributed by atoms with Gasteiger partial charge in [0.25, 0.3) is 0 Å². The third-order valence-electron chi connectivity index (χ3n) is 7.08. The van der Waals surface area contributed by atoms with Crippen LogP contribution in [0.2, 0.25) is 0 Å². The minimum atomic E-state index is -0.420. The fourth-order valence-electron chi connectivity index (χ4n) is 5.12. The van der Waals surface area contributed by atoms with Crippen molar-refractivity contribution in [1.29, 1.82) is 0 Å². The molecule has 0 radical (unpaired) electrons. The summed E-state index contributed by atoms with van der Waals surface area (Å²) in [6, 6.07) is 20.6. The van der Waals surface area contributed by atoms with E-state index in [-0.39, 0.29) is 34.3 Å². The second kappa shape index (κ2) is 9.62. The lowest BCUT2D eigenvalue weighted by Crippen LogP contribution is -1.99. The number of fused-ring (bicyclic) bond motifs is 2. The Balaban J connectivity index is 1.17. The minimum absolute atomic E-state index is 0.0454. The van der Waals surface area contributed by atoms with Gasteiger partial charge in [-0.25, -0.2) is 4.39 Å². The van der Waals surface area contributed by atoms with Gasteiger partial charge in [-0.1, -0.05) is 48.5 Å². The Morgan fingerprint density at radius 1 is 0.561 bits per heavy atom. The van der Waals surface area contributed by atoms with Crippen molar-refractivity contribution in [3.05, 3.63) is 127 Å². The van der Waals surface area contributed by atoms with E-state index < -0.39 is 5.82 Å². The maximum atomic E-state index is 15.1. The fraction of sp³-hybridized carbons (Fsp3) is 0.0303. The van der Waals surface area contributed by atoms with Crippen LogP contribution in [0.25, 0.3) is 31.7 Å². The Morgan fingerprint density at radius 2 is 0.976 bits per heavy atom. The number of halogens is 1. The van der Waals surface area contributed by atoms with Crippen LogP contribution in [0.4, 0.5) is 4.39 Å². The van der Waals surface area contributed by atoms with Crippen molar-refractivity contribution >= 4 is 69.3 Å². The van der Waals surface area contributed by atoms with Crippen molar-refractivity contribution in [2.45, 2.75) is 6.92 Å². The molecule has 0 N–H and O–H groups in total. The van der Waals surface area contributed by atoms with E-state index in [2.05, 4.69) is 0 Å². The van der Waals surface area contributed by atoms with Gasteiger partial charge >= 0.3 is 0 Å². The molecule has 0 saturated carbocycles. The number of Topliss-reactive ketones (excluding diaryl/α,β-unsaturated/α-hetero) is 4. The number of hydrogen-bond acceptors (Lipinski definition) is 7. The standard InChI is InChI=1S/C33H17FO4S3/c1-16-12-17(13-23-28(35)19-6-2-3-7-20(19)29(23)36)39-32(16)26-10-11-27(41-26)33-25(34)15-18(40-33)14-24-30(37)21-8-4-5-9-22(21)31(24)38/h2-15H,1H3. The quantitative estimate of drug-likeness (QED) is 0.155. The number of thiophene rings is 3. The molecule has 0 atom stereocenters. The molecule has 3 heterocycles. The summed E-state index contributed by atoms with van der Waals surface area (Å²) in [5.41, 5.74) is 2.80. The van der Waals surface area contributed by atoms with Crippen molar-refractivity contribution in [2.75, 3.05) is 0 Å². The smallest absolute Gasteiger partial charge is 0.197 e. The van der Waals surface area contributed by atoms with Crippen molar-refractivity contribution in [3.63, 3.8) is 0 Å². The maximum absolute atomic E-state index is 15.1. The fourth-order valence-corrected chi connectivity index (χ4v) is 8.51. The largest absolute Gasteiger partial charge is 0.288 e. The lowest BCUT2D eigenvalue weighted by Gasteiger charge is -1.95. The molecule has 5 aromatic rings. The van der Waals surface area contributed by atoms with Gasteiger partial charge in [0.2, 0.25) is 0 Å². The topological polar surface area (TPSA) is 68.3 Å². The number of allylic oxidation sites excluding steroid dienone is 2. The number of aryl methyl sites for hydroxylation is 1. The number of carbonyl (C=O) groups excluding carboxylic acids is 4. The van der Waals surface area contributed by atoms with E-state index >= 15 is 4.39 Å². The summed E-state index contributed by atoms with van der Waals surface area (Å²) in [6.45, 7) is 1.96. The summed E-state index contributed by atoms with van der Waals surface area (Å²) in [5, 5.41) is 0. The Bertz CT molecular complexity index is 1830. The van der Waals surface area contributed by atoms with Gasteiger partial charge < -0.3 is 0 Å². The highest BCUT2D eigenvalue weighted by Gasteiger charge is 2.34. The lowest BCUT2D eigenvalue weighted by atomic mass is 10.1. The average molecular weight is 593 g/mol. The van der Waals surface area contributed by atoms with E-state index in [0.717, 1.165) is 25.1 Å². The molecule has 4 nitrogen and oxygen atoms in total. The molecule has 2 aromatic carbocycles. The van der Waals surface area contributed by atoms with Gasteiger partial charge in [0.05, 0.1) is 16.0 Å². The van der Waals surface area contributed by atoms with Gasteiger partial charge in [-0.15, -0.1) is 34.0 Å². The lowest BCUT2D eigenvalue weighted by molar-refractivity contribution is 0.0975. The highest BCUT2D eigenvalue weighted by molar-refractivity contribution is 7.27. The number of carbonyl (C=O) groups is 4. The van der Waals surface area contributed by atoms with Gasteiger partial charge in [-0.05, 0) is 48.9 Å². The van der Waals surface area contributed by atoms with Crippen LogP contribution in [0.15, 0.2) is 83.9 Å². The van der Waals surface area contributed by atoms with E-state index in [9.17, 15) is 19.2 Å². The minimum Gasteiger partial charge on any atom is -0.288 e. The summed E-state index contributed by atoms with van der Waals surface area (Å²) in [6.07, 6.45) is 3.13. The molecular formula is C33H17FO4S3. The highest BCUT2D eigenvalue weighted by atomic mass is 32.1. The normalized spacial score (nSPS) is 14.2. The molecule has 0 amide bonds. The second-order valence-electron chi connectivity index (χ2n) is 9.67. The van der Waals surface area contributed by atoms with Gasteiger partial charge in [0, 0.05) is 46.6 Å². The van der Waals surface area contributed by atoms with Gasteiger partial charge in [-0.3, -0.25) is 19.2 Å². The van der Waals surface area contributed by atoms with Gasteiger partial charge in [0.15, 0.2) is 23.1 Å². The molecule has 198 valence electrons. The number of ketones is 4. The number of benzene rings is 2. The zero-order valence-electron chi connectivity index (χ0n) is 21.3. The summed E-state index contributed by atoms with van der Waals surface area (Å²) in [5.74, 6) is -1.64. The molecule has 0 saturated heterocycles. The molecule has 8 heteroatoms. The SMILES string of the molecule is Cc1cc(C=C2C(=O)c3ccccc3C2=O)sc1-c1ccc(-c2sc(C=C3C(=O)c4ccccc4C3=O)cc2F)s1. The summed E-state index contributed by atoms with van der Waals surface area (Å²) < 4.78 is 15.1. The van der Waals surface area contributed by atoms with Crippen molar-refractivity contribution in [1.82, 2.24) is 0 Å². The predicted octanol–water partition coefficient (Wildman–Crippen LogP) is 8.58. The zero-order chi connectivity index (χ0) is 28.4. The second-order valence-corrected chi connectivity index (χ2v) is 12.9. The molecule has 2 aliphatic rings. The van der Waals surface area contributed by atoms with E-state index in [1.807, 2.05) is 25.1 Å². The van der Waals surface area contributed by atoms with Crippen LogP contribution >= 0.6 is 34.0 Å². The van der Waals surface area contributed by atoms with Gasteiger partial charge in [0.1, 0.15) is 5.82 Å². The molecule has 3 aromatic heterocycles. The van der Waals surface area contributed by atoms with Crippen molar-refractivity contribution in [2.24, 2.45) is 0 Å². The van der Waals surface area contributed by atoms with Crippen LogP contribution in [0.1, 0.15) is 56.7 Å². The highest BCUT2D eigenvalue weighted by Crippen LogP contribution is 2.44. The first-order valence-corrected chi connectivity index (χ1v) is 15.1. The molecule has 0 unspecified atom stereocenters. The first kappa shape index (κ1) is 25.6. The van der Waals surface area contributed by atoms with Crippen LogP contribution < -0.4 is 0 Å². The van der Waals surface area contributed by atoms with Crippen molar-refractivity contribution < 1.29 is 23.6 Å². The van der Waals surface area contributed by atoms with Crippen LogP contribution in [0.3, 0.4) is 0 Å². The van der Waals surface area contributed by atoms with Crippen LogP contribution in [-0.4, -0.2) is 23.1 Å². The summed E-state index contributed by atoms with van der Waals surface area (Å²) in [7, 11) is 0. The average Bonchev–Trinajstić information content (AvgIpc) is 3.77. The predicted molar refractivity (Wildman–Crippen MR) is 162 cm³/mol. The monoisotopic (exact) mass is 592 g/mol. The van der Waals surface area contributed by atoms with Crippen LogP contribution in [0.5, 0.6) is 0 Å². The van der Waals surface area contributed by atoms with E-state index in [4.69, 9.17) is 0 Å². The number of rotatable bonds is 4. The van der Waals surface area contributed by atoms with Crippen LogP contribution in [-0.2, 0) is 0 Å². The Hall–Kier alpha value is -4.37. The molecule has 0 fully saturated rings. The maximum Gasteiger partial charge on any atom is 0.197 e. The van der Waals surface area contributed by atoms with Crippen molar-refractivity contribution in [3.8, 4) is 19.5 Å². The molecule has 0 spiro atoms. The molecule has 0 bridgehead atoms. The summed E-state index contributed by atoms with van der Waals surface area (Å²) in [4.78, 5) is 55.5. The number of hydrogen-bond donors (Lipinski definition) is 0. The van der Waals surface area contributed by atoms with Gasteiger partial charge in [-0.2, -0.15) is 0 Å².